The van der Waals surface area contributed by atoms with Gasteiger partial charge in [-0.05, 0) is 24.7 Å². The third kappa shape index (κ3) is 11.6. The molecule has 0 aliphatic rings. The second-order valence-corrected chi connectivity index (χ2v) is 8.74. The summed E-state index contributed by atoms with van der Waals surface area (Å²) in [5.41, 5.74) is 15.9. The Morgan fingerprint density at radius 2 is 1.38 bits per heavy atom. The van der Waals surface area contributed by atoms with Gasteiger partial charge in [-0.25, -0.2) is 4.79 Å². The number of amides is 5. The smallest absolute Gasteiger partial charge is 0.326 e. The van der Waals surface area contributed by atoms with Crippen LogP contribution in [-0.2, 0) is 28.8 Å². The van der Waals surface area contributed by atoms with Crippen LogP contribution in [0.1, 0.15) is 59.8 Å². The van der Waals surface area contributed by atoms with E-state index in [1.165, 1.54) is 0 Å². The molecule has 13 nitrogen and oxygen atoms in total. The fourth-order valence-electron chi connectivity index (χ4n) is 3.03. The standard InChI is InChI=1S/C21H38N6O7/c1-5-11(4)17(27-18(30)12(22)6-7-15(23)28)20(32)25-13(8-10(2)3)19(31)26-14(21(33)34)9-16(24)29/h10-14,17H,5-9,22H2,1-4H3,(H2,23,28)(H2,24,29)(H,25,32)(H,26,31)(H,27,30)(H,33,34). The first kappa shape index (κ1) is 30.8. The summed E-state index contributed by atoms with van der Waals surface area (Å²) in [7, 11) is 0. The van der Waals surface area contributed by atoms with Gasteiger partial charge in [0.25, 0.3) is 0 Å². The number of carboxylic acids is 1. The number of nitrogens with two attached hydrogens (primary N) is 3. The van der Waals surface area contributed by atoms with Crippen LogP contribution in [0.15, 0.2) is 0 Å². The van der Waals surface area contributed by atoms with Gasteiger partial charge in [0.2, 0.25) is 29.5 Å². The molecule has 0 saturated heterocycles. The lowest BCUT2D eigenvalue weighted by Crippen LogP contribution is -2.59. The Kier molecular flexibility index (Phi) is 13.4. The molecule has 0 aromatic carbocycles. The number of aliphatic carboxylic acids is 1. The zero-order chi connectivity index (χ0) is 26.6. The Bertz CT molecular complexity index is 758. The maximum Gasteiger partial charge on any atom is 0.326 e. The first-order valence-electron chi connectivity index (χ1n) is 11.2. The molecule has 10 N–H and O–H groups in total. The molecule has 13 heteroatoms. The van der Waals surface area contributed by atoms with Crippen LogP contribution >= 0.6 is 0 Å². The molecule has 5 atom stereocenters. The summed E-state index contributed by atoms with van der Waals surface area (Å²) in [6.45, 7) is 7.14. The van der Waals surface area contributed by atoms with E-state index in [4.69, 9.17) is 17.2 Å². The SMILES string of the molecule is CCC(C)C(NC(=O)C(N)CCC(N)=O)C(=O)NC(CC(C)C)C(=O)NC(CC(N)=O)C(=O)O. The van der Waals surface area contributed by atoms with Crippen LogP contribution in [0, 0.1) is 11.8 Å². The van der Waals surface area contributed by atoms with Crippen LogP contribution in [0.3, 0.4) is 0 Å². The van der Waals surface area contributed by atoms with Crippen LogP contribution in [0.25, 0.3) is 0 Å². The minimum absolute atomic E-state index is 0.00479. The van der Waals surface area contributed by atoms with E-state index >= 15 is 0 Å². The number of primary amides is 2. The first-order chi connectivity index (χ1) is 15.7. The third-order valence-electron chi connectivity index (χ3n) is 5.19. The van der Waals surface area contributed by atoms with Crippen molar-refractivity contribution in [2.24, 2.45) is 29.0 Å². The second-order valence-electron chi connectivity index (χ2n) is 8.74. The summed E-state index contributed by atoms with van der Waals surface area (Å²) in [4.78, 5) is 71.7. The van der Waals surface area contributed by atoms with E-state index in [0.29, 0.717) is 6.42 Å². The van der Waals surface area contributed by atoms with Gasteiger partial charge in [0.15, 0.2) is 0 Å². The number of hydrogen-bond acceptors (Lipinski definition) is 7. The topological polar surface area (TPSA) is 237 Å². The van der Waals surface area contributed by atoms with E-state index in [1.807, 2.05) is 6.92 Å². The Balaban J connectivity index is 5.55. The van der Waals surface area contributed by atoms with Crippen molar-refractivity contribution in [3.05, 3.63) is 0 Å². The van der Waals surface area contributed by atoms with Gasteiger partial charge in [-0.1, -0.05) is 34.1 Å². The van der Waals surface area contributed by atoms with Gasteiger partial charge < -0.3 is 38.3 Å². The van der Waals surface area contributed by atoms with Crippen LogP contribution in [0.5, 0.6) is 0 Å². The van der Waals surface area contributed by atoms with E-state index in [9.17, 15) is 33.9 Å². The summed E-state index contributed by atoms with van der Waals surface area (Å²) < 4.78 is 0. The summed E-state index contributed by atoms with van der Waals surface area (Å²) in [5, 5.41) is 16.6. The molecule has 194 valence electrons. The number of hydrogen-bond donors (Lipinski definition) is 7. The molecule has 0 saturated carbocycles. The fraction of sp³-hybridized carbons (Fsp3) is 0.714. The molecule has 0 fully saturated rings. The monoisotopic (exact) mass is 486 g/mol. The van der Waals surface area contributed by atoms with E-state index in [2.05, 4.69) is 16.0 Å². The van der Waals surface area contributed by atoms with E-state index in [0.717, 1.165) is 0 Å². The van der Waals surface area contributed by atoms with E-state index in [-0.39, 0.29) is 31.1 Å². The summed E-state index contributed by atoms with van der Waals surface area (Å²) in [5.74, 6) is -5.49. The highest BCUT2D eigenvalue weighted by molar-refractivity contribution is 5.95. The molecular formula is C21H38N6O7. The average molecular weight is 487 g/mol. The van der Waals surface area contributed by atoms with Gasteiger partial charge >= 0.3 is 5.97 Å². The number of carbonyl (C=O) groups is 6. The Hall–Kier alpha value is -3.22. The van der Waals surface area contributed by atoms with Gasteiger partial charge in [0, 0.05) is 6.42 Å². The molecule has 0 aliphatic heterocycles. The van der Waals surface area contributed by atoms with Gasteiger partial charge in [0.05, 0.1) is 12.5 Å². The predicted octanol–water partition coefficient (Wildman–Crippen LogP) is -1.91. The highest BCUT2D eigenvalue weighted by Crippen LogP contribution is 2.12. The molecule has 5 amide bonds. The minimum atomic E-state index is -1.55. The lowest BCUT2D eigenvalue weighted by molar-refractivity contribution is -0.144. The van der Waals surface area contributed by atoms with E-state index < -0.39 is 66.1 Å². The lowest BCUT2D eigenvalue weighted by Gasteiger charge is -2.28. The normalized spacial score (nSPS) is 15.4. The molecular weight excluding hydrogens is 448 g/mol. The quantitative estimate of drug-likeness (QED) is 0.129. The van der Waals surface area contributed by atoms with Crippen molar-refractivity contribution in [1.29, 1.82) is 0 Å². The fourth-order valence-corrected chi connectivity index (χ4v) is 3.03. The highest BCUT2D eigenvalue weighted by atomic mass is 16.4. The van der Waals surface area contributed by atoms with Gasteiger partial charge in [-0.3, -0.25) is 24.0 Å². The third-order valence-corrected chi connectivity index (χ3v) is 5.19. The van der Waals surface area contributed by atoms with Crippen LogP contribution in [0.4, 0.5) is 0 Å². The van der Waals surface area contributed by atoms with Crippen molar-refractivity contribution in [1.82, 2.24) is 16.0 Å². The maximum absolute atomic E-state index is 13.1. The highest BCUT2D eigenvalue weighted by Gasteiger charge is 2.33. The van der Waals surface area contributed by atoms with Crippen molar-refractivity contribution >= 4 is 35.5 Å². The largest absolute Gasteiger partial charge is 0.480 e. The number of carboxylic acid groups (broad SMARTS) is 1. The second kappa shape index (κ2) is 14.8. The summed E-state index contributed by atoms with van der Waals surface area (Å²) >= 11 is 0. The summed E-state index contributed by atoms with van der Waals surface area (Å²) in [6, 6.07) is -4.79. The molecule has 34 heavy (non-hydrogen) atoms. The van der Waals surface area contributed by atoms with Crippen molar-refractivity contribution in [2.75, 3.05) is 0 Å². The molecule has 0 aliphatic carbocycles. The predicted molar refractivity (Wildman–Crippen MR) is 123 cm³/mol. The molecule has 0 radical (unpaired) electrons. The van der Waals surface area contributed by atoms with Gasteiger partial charge in [0.1, 0.15) is 18.1 Å². The Morgan fingerprint density at radius 1 is 0.824 bits per heavy atom. The number of carbonyl (C=O) groups excluding carboxylic acids is 5. The Morgan fingerprint density at radius 3 is 1.82 bits per heavy atom. The van der Waals surface area contributed by atoms with Crippen molar-refractivity contribution in [3.63, 3.8) is 0 Å². The molecule has 0 spiro atoms. The van der Waals surface area contributed by atoms with Crippen molar-refractivity contribution in [3.8, 4) is 0 Å². The zero-order valence-corrected chi connectivity index (χ0v) is 20.1. The minimum Gasteiger partial charge on any atom is -0.480 e. The van der Waals surface area contributed by atoms with Crippen LogP contribution < -0.4 is 33.2 Å². The maximum atomic E-state index is 13.1. The van der Waals surface area contributed by atoms with Crippen LogP contribution in [-0.4, -0.2) is 64.8 Å². The first-order valence-corrected chi connectivity index (χ1v) is 11.2. The zero-order valence-electron chi connectivity index (χ0n) is 20.1. The molecule has 0 bridgehead atoms. The molecule has 5 unspecified atom stereocenters. The van der Waals surface area contributed by atoms with Gasteiger partial charge in [-0.15, -0.1) is 0 Å². The van der Waals surface area contributed by atoms with Crippen LogP contribution in [0.2, 0.25) is 0 Å². The number of rotatable bonds is 16. The number of nitrogens with one attached hydrogen (secondary N) is 3. The average Bonchev–Trinajstić information content (AvgIpc) is 2.72. The van der Waals surface area contributed by atoms with E-state index in [1.54, 1.807) is 20.8 Å². The molecule has 0 heterocycles. The molecule has 0 aromatic rings. The lowest BCUT2D eigenvalue weighted by atomic mass is 9.96. The summed E-state index contributed by atoms with van der Waals surface area (Å²) in [6.07, 6.45) is -0.0279. The Labute approximate surface area is 198 Å². The van der Waals surface area contributed by atoms with Crippen molar-refractivity contribution < 1.29 is 33.9 Å². The molecule has 0 rings (SSSR count). The van der Waals surface area contributed by atoms with Gasteiger partial charge in [-0.2, -0.15) is 0 Å². The van der Waals surface area contributed by atoms with Crippen molar-refractivity contribution in [2.45, 2.75) is 84.0 Å². The molecule has 0 aromatic heterocycles.